The number of aryl methyl sites for hydroxylation is 1. The van der Waals surface area contributed by atoms with Gasteiger partial charge in [0.05, 0.1) is 13.1 Å². The Morgan fingerprint density at radius 3 is 2.33 bits per heavy atom. The number of nitrogens with one attached hydrogen (secondary N) is 1. The summed E-state index contributed by atoms with van der Waals surface area (Å²) in [5.74, 6) is 0.129. The molecule has 0 radical (unpaired) electrons. The van der Waals surface area contributed by atoms with Gasteiger partial charge in [0.2, 0.25) is 11.8 Å². The molecule has 24 heavy (non-hydrogen) atoms. The molecule has 0 aromatic heterocycles. The second-order valence-electron chi connectivity index (χ2n) is 7.25. The van der Waals surface area contributed by atoms with Crippen LogP contribution in [0, 0.1) is 6.92 Å². The number of nitrogens with zero attached hydrogens (tertiary/aromatic N) is 2. The van der Waals surface area contributed by atoms with Crippen LogP contribution in [0.5, 0.6) is 0 Å². The highest BCUT2D eigenvalue weighted by Crippen LogP contribution is 2.28. The van der Waals surface area contributed by atoms with Gasteiger partial charge in [0.25, 0.3) is 0 Å². The van der Waals surface area contributed by atoms with Gasteiger partial charge >= 0.3 is 0 Å². The molecule has 0 spiro atoms. The van der Waals surface area contributed by atoms with Crippen molar-refractivity contribution >= 4 is 11.8 Å². The van der Waals surface area contributed by atoms with Gasteiger partial charge in [-0.05, 0) is 45.2 Å². The number of carbonyl (C=O) groups excluding carboxylic acids is 2. The first-order valence-corrected chi connectivity index (χ1v) is 8.84. The Kier molecular flexibility index (Phi) is 5.19. The predicted molar refractivity (Wildman–Crippen MR) is 93.4 cm³/mol. The highest BCUT2D eigenvalue weighted by Gasteiger charge is 2.33. The Balaban J connectivity index is 1.51. The smallest absolute Gasteiger partial charge is 0.237 e. The lowest BCUT2D eigenvalue weighted by Gasteiger charge is -2.25. The molecule has 0 unspecified atom stereocenters. The van der Waals surface area contributed by atoms with Crippen molar-refractivity contribution in [3.8, 4) is 0 Å². The van der Waals surface area contributed by atoms with Crippen LogP contribution in [-0.4, -0.2) is 53.8 Å². The van der Waals surface area contributed by atoms with Gasteiger partial charge in [0.1, 0.15) is 0 Å². The van der Waals surface area contributed by atoms with Crippen molar-refractivity contribution < 1.29 is 9.59 Å². The van der Waals surface area contributed by atoms with Gasteiger partial charge in [0.15, 0.2) is 0 Å². The van der Waals surface area contributed by atoms with Crippen molar-refractivity contribution in [2.75, 3.05) is 20.1 Å². The second-order valence-corrected chi connectivity index (χ2v) is 7.25. The van der Waals surface area contributed by atoms with Gasteiger partial charge in [-0.2, -0.15) is 0 Å². The number of rotatable bonds is 8. The maximum absolute atomic E-state index is 12.7. The van der Waals surface area contributed by atoms with Crippen LogP contribution in [0.15, 0.2) is 24.3 Å². The average Bonchev–Trinajstić information content (AvgIpc) is 3.40. The molecule has 0 atom stereocenters. The van der Waals surface area contributed by atoms with Crippen LogP contribution in [0.3, 0.4) is 0 Å². The summed E-state index contributed by atoms with van der Waals surface area (Å²) >= 11 is 0. The SMILES string of the molecule is Cc1ccc(CN(C(=O)CN(C)CC(=O)NC2CC2)C2CC2)cc1. The number of hydrogen-bond donors (Lipinski definition) is 1. The molecular formula is C19H27N3O2. The second kappa shape index (κ2) is 7.34. The monoisotopic (exact) mass is 329 g/mol. The fourth-order valence-corrected chi connectivity index (χ4v) is 2.82. The van der Waals surface area contributed by atoms with E-state index in [2.05, 4.69) is 36.5 Å². The molecule has 1 N–H and O–H groups in total. The highest BCUT2D eigenvalue weighted by molar-refractivity contribution is 5.81. The van der Waals surface area contributed by atoms with Gasteiger partial charge in [-0.25, -0.2) is 0 Å². The molecule has 0 saturated heterocycles. The maximum Gasteiger partial charge on any atom is 0.237 e. The summed E-state index contributed by atoms with van der Waals surface area (Å²) in [4.78, 5) is 28.3. The van der Waals surface area contributed by atoms with E-state index in [0.717, 1.165) is 31.2 Å². The predicted octanol–water partition coefficient (Wildman–Crippen LogP) is 1.70. The molecule has 2 fully saturated rings. The van der Waals surface area contributed by atoms with Crippen LogP contribution in [0.25, 0.3) is 0 Å². The van der Waals surface area contributed by atoms with E-state index in [1.54, 1.807) is 0 Å². The van der Waals surface area contributed by atoms with E-state index in [4.69, 9.17) is 0 Å². The van der Waals surface area contributed by atoms with Crippen molar-refractivity contribution in [3.05, 3.63) is 35.4 Å². The van der Waals surface area contributed by atoms with Crippen LogP contribution in [0.4, 0.5) is 0 Å². The Morgan fingerprint density at radius 2 is 1.75 bits per heavy atom. The zero-order chi connectivity index (χ0) is 17.1. The zero-order valence-corrected chi connectivity index (χ0v) is 14.6. The summed E-state index contributed by atoms with van der Waals surface area (Å²) in [6, 6.07) is 9.08. The molecule has 5 heteroatoms. The highest BCUT2D eigenvalue weighted by atomic mass is 16.2. The van der Waals surface area contributed by atoms with Crippen LogP contribution >= 0.6 is 0 Å². The molecule has 2 amide bonds. The van der Waals surface area contributed by atoms with Gasteiger partial charge < -0.3 is 10.2 Å². The molecule has 130 valence electrons. The lowest BCUT2D eigenvalue weighted by Crippen LogP contribution is -2.43. The van der Waals surface area contributed by atoms with Crippen molar-refractivity contribution in [2.45, 2.75) is 51.2 Å². The maximum atomic E-state index is 12.7. The summed E-state index contributed by atoms with van der Waals surface area (Å²) in [6.45, 7) is 3.30. The molecular weight excluding hydrogens is 302 g/mol. The molecule has 1 aromatic carbocycles. The lowest BCUT2D eigenvalue weighted by molar-refractivity contribution is -0.133. The summed E-state index contributed by atoms with van der Waals surface area (Å²) < 4.78 is 0. The normalized spacial score (nSPS) is 17.0. The van der Waals surface area contributed by atoms with Gasteiger partial charge in [0, 0.05) is 18.6 Å². The Morgan fingerprint density at radius 1 is 1.08 bits per heavy atom. The van der Waals surface area contributed by atoms with Gasteiger partial charge in [-0.15, -0.1) is 0 Å². The molecule has 2 saturated carbocycles. The first-order chi connectivity index (χ1) is 11.5. The summed E-state index contributed by atoms with van der Waals surface area (Å²) in [5, 5.41) is 2.96. The van der Waals surface area contributed by atoms with E-state index in [1.165, 1.54) is 5.56 Å². The average molecular weight is 329 g/mol. The molecule has 1 aromatic rings. The molecule has 0 heterocycles. The number of benzene rings is 1. The third-order valence-corrected chi connectivity index (χ3v) is 4.54. The molecule has 0 bridgehead atoms. The summed E-state index contributed by atoms with van der Waals surface area (Å²) in [7, 11) is 1.83. The van der Waals surface area contributed by atoms with E-state index in [9.17, 15) is 9.59 Å². The number of amides is 2. The fourth-order valence-electron chi connectivity index (χ4n) is 2.82. The van der Waals surface area contributed by atoms with Crippen LogP contribution in [-0.2, 0) is 16.1 Å². The van der Waals surface area contributed by atoms with E-state index in [0.29, 0.717) is 25.2 Å². The minimum absolute atomic E-state index is 0.0179. The quantitative estimate of drug-likeness (QED) is 0.790. The molecule has 3 rings (SSSR count). The minimum Gasteiger partial charge on any atom is -0.352 e. The van der Waals surface area contributed by atoms with E-state index in [-0.39, 0.29) is 18.4 Å². The topological polar surface area (TPSA) is 52.7 Å². The summed E-state index contributed by atoms with van der Waals surface area (Å²) in [5.41, 5.74) is 2.39. The van der Waals surface area contributed by atoms with E-state index in [1.807, 2.05) is 16.8 Å². The van der Waals surface area contributed by atoms with Crippen LogP contribution in [0.1, 0.15) is 36.8 Å². The van der Waals surface area contributed by atoms with Crippen molar-refractivity contribution in [3.63, 3.8) is 0 Å². The van der Waals surface area contributed by atoms with Crippen molar-refractivity contribution in [2.24, 2.45) is 0 Å². The molecule has 2 aliphatic carbocycles. The van der Waals surface area contributed by atoms with Crippen LogP contribution in [0.2, 0.25) is 0 Å². The van der Waals surface area contributed by atoms with Gasteiger partial charge in [-0.3, -0.25) is 14.5 Å². The first-order valence-electron chi connectivity index (χ1n) is 8.84. The zero-order valence-electron chi connectivity index (χ0n) is 14.6. The minimum atomic E-state index is 0.0179. The molecule has 0 aliphatic heterocycles. The first kappa shape index (κ1) is 17.0. The van der Waals surface area contributed by atoms with Crippen molar-refractivity contribution in [1.29, 1.82) is 0 Å². The number of likely N-dealkylation sites (N-methyl/N-ethyl adjacent to an activating group) is 1. The number of carbonyl (C=O) groups is 2. The molecule has 2 aliphatic rings. The van der Waals surface area contributed by atoms with E-state index < -0.39 is 0 Å². The lowest BCUT2D eigenvalue weighted by atomic mass is 10.1. The van der Waals surface area contributed by atoms with Gasteiger partial charge in [-0.1, -0.05) is 29.8 Å². The standard InChI is InChI=1S/C19H27N3O2/c1-14-3-5-15(6-4-14)11-22(17-9-10-17)19(24)13-21(2)12-18(23)20-16-7-8-16/h3-6,16-17H,7-13H2,1-2H3,(H,20,23). The Bertz CT molecular complexity index is 591. The fraction of sp³-hybridized carbons (Fsp3) is 0.579. The Hall–Kier alpha value is -1.88. The number of hydrogen-bond acceptors (Lipinski definition) is 3. The third-order valence-electron chi connectivity index (χ3n) is 4.54. The van der Waals surface area contributed by atoms with Crippen molar-refractivity contribution in [1.82, 2.24) is 15.1 Å². The molecule has 5 nitrogen and oxygen atoms in total. The Labute approximate surface area is 144 Å². The third kappa shape index (κ3) is 5.06. The largest absolute Gasteiger partial charge is 0.352 e. The van der Waals surface area contributed by atoms with E-state index >= 15 is 0 Å². The summed E-state index contributed by atoms with van der Waals surface area (Å²) in [6.07, 6.45) is 4.34. The van der Waals surface area contributed by atoms with Crippen LogP contribution < -0.4 is 5.32 Å².